The van der Waals surface area contributed by atoms with Gasteiger partial charge in [-0.1, -0.05) is 24.3 Å². The van der Waals surface area contributed by atoms with Crippen LogP contribution in [0.2, 0.25) is 0 Å². The van der Waals surface area contributed by atoms with Crippen LogP contribution in [0.5, 0.6) is 0 Å². The molecule has 0 radical (unpaired) electrons. The van der Waals surface area contributed by atoms with Gasteiger partial charge in [0, 0.05) is 10.8 Å². The lowest BCUT2D eigenvalue weighted by Gasteiger charge is -2.12. The fourth-order valence-corrected chi connectivity index (χ4v) is 4.49. The van der Waals surface area contributed by atoms with Gasteiger partial charge in [0.05, 0.1) is 10.5 Å². The Bertz CT molecular complexity index is 1040. The number of hydrogen-bond acceptors (Lipinski definition) is 2. The zero-order chi connectivity index (χ0) is 21.5. The highest BCUT2D eigenvalue weighted by Crippen LogP contribution is 2.59. The standard InChI is InChI=1S/C14H8F5S.CHF3O3S/c15-13(16,17)14(18,19)20-11-7-3-1-5-9(11)10-6-2-4-8-12(10)20;2-1(3,4)8(5,6)7/h1-8H;(H,5,6,7)/q+1;. The van der Waals surface area contributed by atoms with Crippen LogP contribution in [0.25, 0.3) is 20.2 Å². The molecular weight excluding hydrogens is 444 g/mol. The number of halogens is 8. The molecule has 0 bridgehead atoms. The smallest absolute Gasteiger partial charge is 0.279 e. The van der Waals surface area contributed by atoms with Gasteiger partial charge >= 0.3 is 27.1 Å². The van der Waals surface area contributed by atoms with Crippen molar-refractivity contribution in [3.63, 3.8) is 0 Å². The number of fused-ring (bicyclic) bond motifs is 3. The first-order chi connectivity index (χ1) is 12.6. The molecule has 154 valence electrons. The van der Waals surface area contributed by atoms with Gasteiger partial charge in [0.25, 0.3) is 0 Å². The monoisotopic (exact) mass is 453 g/mol. The highest BCUT2D eigenvalue weighted by molar-refractivity contribution is 7.86. The summed E-state index contributed by atoms with van der Waals surface area (Å²) in [6.07, 6.45) is -5.57. The second kappa shape index (κ2) is 7.12. The largest absolute Gasteiger partial charge is 0.530 e. The zero-order valence-electron chi connectivity index (χ0n) is 13.2. The molecule has 13 heteroatoms. The summed E-state index contributed by atoms with van der Waals surface area (Å²) in [5.41, 5.74) is -5.53. The van der Waals surface area contributed by atoms with Crippen LogP contribution in [0.1, 0.15) is 0 Å². The van der Waals surface area contributed by atoms with E-state index in [1.807, 2.05) is 0 Å². The molecule has 3 nitrogen and oxygen atoms in total. The summed E-state index contributed by atoms with van der Waals surface area (Å²) in [6.45, 7) is 0. The Morgan fingerprint density at radius 3 is 1.32 bits per heavy atom. The Balaban J connectivity index is 0.000000300. The summed E-state index contributed by atoms with van der Waals surface area (Å²) in [4.78, 5) is 0. The van der Waals surface area contributed by atoms with Gasteiger partial charge in [0.15, 0.2) is 9.40 Å². The molecule has 2 aromatic carbocycles. The predicted octanol–water partition coefficient (Wildman–Crippen LogP) is 6.25. The van der Waals surface area contributed by atoms with Crippen molar-refractivity contribution in [2.45, 2.75) is 16.9 Å². The molecule has 0 amide bonds. The Hall–Kier alpha value is -1.99. The minimum atomic E-state index is -5.84. The number of benzene rings is 2. The second-order valence-corrected chi connectivity index (χ2v) is 8.65. The third-order valence-electron chi connectivity index (χ3n) is 3.38. The van der Waals surface area contributed by atoms with Crippen molar-refractivity contribution in [3.05, 3.63) is 48.5 Å². The number of rotatable bonds is 1. The van der Waals surface area contributed by atoms with E-state index in [1.165, 1.54) is 24.3 Å². The average molecular weight is 453 g/mol. The first-order valence-electron chi connectivity index (χ1n) is 7.00. The van der Waals surface area contributed by atoms with E-state index in [2.05, 4.69) is 0 Å². The summed E-state index contributed by atoms with van der Waals surface area (Å²) in [5.74, 6) is 0. The fraction of sp³-hybridized carbons (Fsp3) is 0.200. The Labute approximate surface area is 154 Å². The summed E-state index contributed by atoms with van der Waals surface area (Å²) in [5, 5.41) is -3.86. The molecule has 1 N–H and O–H groups in total. The lowest BCUT2D eigenvalue weighted by molar-refractivity contribution is -0.264. The third-order valence-corrected chi connectivity index (χ3v) is 6.30. The topological polar surface area (TPSA) is 54.4 Å². The molecular formula is C15H9F8O3S2+. The van der Waals surface area contributed by atoms with Gasteiger partial charge in [0.1, 0.15) is 0 Å². The van der Waals surface area contributed by atoms with Gasteiger partial charge in [0.2, 0.25) is 0 Å². The number of alkyl halides is 8. The van der Waals surface area contributed by atoms with E-state index in [0.29, 0.717) is 10.8 Å². The molecule has 3 rings (SSSR count). The molecule has 0 aliphatic heterocycles. The summed E-state index contributed by atoms with van der Waals surface area (Å²) in [6, 6.07) is 12.1. The van der Waals surface area contributed by atoms with Crippen LogP contribution >= 0.6 is 10.5 Å². The van der Waals surface area contributed by atoms with Gasteiger partial charge < -0.3 is 0 Å². The van der Waals surface area contributed by atoms with E-state index in [1.54, 1.807) is 24.3 Å². The first-order valence-corrected chi connectivity index (χ1v) is 9.66. The summed E-state index contributed by atoms with van der Waals surface area (Å²) < 4.78 is 124. The van der Waals surface area contributed by atoms with E-state index < -0.39 is 37.5 Å². The van der Waals surface area contributed by atoms with Crippen molar-refractivity contribution in [1.29, 1.82) is 0 Å². The molecule has 0 saturated heterocycles. The second-order valence-electron chi connectivity index (χ2n) is 5.23. The molecule has 0 aliphatic rings. The minimum absolute atomic E-state index is 0.0519. The van der Waals surface area contributed by atoms with E-state index in [0.717, 1.165) is 0 Å². The maximum Gasteiger partial charge on any atom is 0.530 e. The van der Waals surface area contributed by atoms with Crippen LogP contribution < -0.4 is 0 Å². The molecule has 3 aromatic rings. The van der Waals surface area contributed by atoms with Gasteiger partial charge in [-0.05, 0) is 24.3 Å². The fourth-order valence-electron chi connectivity index (χ4n) is 2.24. The van der Waals surface area contributed by atoms with Crippen LogP contribution in [-0.2, 0) is 15.4 Å². The Morgan fingerprint density at radius 2 is 1.04 bits per heavy atom. The van der Waals surface area contributed by atoms with Crippen LogP contribution in [0.4, 0.5) is 35.1 Å². The van der Waals surface area contributed by atoms with Crippen LogP contribution in [0.15, 0.2) is 48.5 Å². The molecule has 0 saturated carbocycles. The maximum absolute atomic E-state index is 13.9. The van der Waals surface area contributed by atoms with Crippen molar-refractivity contribution >= 4 is 40.8 Å². The van der Waals surface area contributed by atoms with Gasteiger partial charge in [-0.2, -0.15) is 34.8 Å². The minimum Gasteiger partial charge on any atom is -0.279 e. The highest BCUT2D eigenvalue weighted by Gasteiger charge is 2.69. The molecule has 28 heavy (non-hydrogen) atoms. The Morgan fingerprint density at radius 1 is 0.714 bits per heavy atom. The summed E-state index contributed by atoms with van der Waals surface area (Å²) >= 11 is 0. The average Bonchev–Trinajstić information content (AvgIpc) is 2.87. The lowest BCUT2D eigenvalue weighted by Crippen LogP contribution is -2.29. The molecule has 0 unspecified atom stereocenters. The van der Waals surface area contributed by atoms with Crippen molar-refractivity contribution in [1.82, 2.24) is 0 Å². The molecule has 0 aliphatic carbocycles. The number of thiophene rings is 1. The molecule has 0 spiro atoms. The lowest BCUT2D eigenvalue weighted by atomic mass is 10.2. The SMILES string of the molecule is FC(F)(F)C(F)(F)[s+]1c2ccccc2c2ccccc21.O=S(=O)(O)C(F)(F)F. The van der Waals surface area contributed by atoms with Crippen molar-refractivity contribution < 1.29 is 48.1 Å². The Kier molecular flexibility index (Phi) is 5.67. The van der Waals surface area contributed by atoms with E-state index in [4.69, 9.17) is 13.0 Å². The van der Waals surface area contributed by atoms with E-state index in [-0.39, 0.29) is 9.40 Å². The van der Waals surface area contributed by atoms with Gasteiger partial charge in [-0.25, -0.2) is 0 Å². The zero-order valence-corrected chi connectivity index (χ0v) is 14.9. The highest BCUT2D eigenvalue weighted by atomic mass is 32.2. The van der Waals surface area contributed by atoms with Crippen LogP contribution in [-0.4, -0.2) is 24.7 Å². The van der Waals surface area contributed by atoms with Crippen molar-refractivity contribution in [2.75, 3.05) is 0 Å². The maximum atomic E-state index is 13.9. The van der Waals surface area contributed by atoms with Gasteiger partial charge in [-0.15, -0.1) is 8.78 Å². The third kappa shape index (κ3) is 4.05. The van der Waals surface area contributed by atoms with Gasteiger partial charge in [-0.3, -0.25) is 4.55 Å². The normalized spacial score (nSPS) is 13.5. The van der Waals surface area contributed by atoms with Crippen molar-refractivity contribution in [3.8, 4) is 0 Å². The predicted molar refractivity (Wildman–Crippen MR) is 87.8 cm³/mol. The molecule has 1 heterocycles. The van der Waals surface area contributed by atoms with Crippen molar-refractivity contribution in [2.24, 2.45) is 0 Å². The molecule has 0 atom stereocenters. The van der Waals surface area contributed by atoms with E-state index >= 15 is 0 Å². The van der Waals surface area contributed by atoms with E-state index in [9.17, 15) is 35.1 Å². The first kappa shape index (κ1) is 22.3. The quantitative estimate of drug-likeness (QED) is 0.205. The molecule has 1 aromatic heterocycles. The summed E-state index contributed by atoms with van der Waals surface area (Å²) in [7, 11) is -8.16. The molecule has 0 fully saturated rings. The van der Waals surface area contributed by atoms with Crippen LogP contribution in [0.3, 0.4) is 0 Å². The van der Waals surface area contributed by atoms with Crippen LogP contribution in [0, 0.1) is 0 Å². The number of hydrogen-bond donors (Lipinski definition) is 1.